The van der Waals surface area contributed by atoms with Crippen molar-refractivity contribution in [3.63, 3.8) is 0 Å². The lowest BCUT2D eigenvalue weighted by atomic mass is 9.84. The van der Waals surface area contributed by atoms with E-state index in [-0.39, 0.29) is 0 Å². The van der Waals surface area contributed by atoms with E-state index >= 15 is 0 Å². The van der Waals surface area contributed by atoms with Gasteiger partial charge in [-0.3, -0.25) is 4.79 Å². The lowest BCUT2D eigenvalue weighted by Crippen LogP contribution is -2.63. The van der Waals surface area contributed by atoms with Gasteiger partial charge in [-0.15, -0.1) is 0 Å². The van der Waals surface area contributed by atoms with Crippen LogP contribution in [0.2, 0.25) is 0 Å². The Labute approximate surface area is 116 Å². The number of amides is 1. The Hall–Kier alpha value is -0.650. The molecule has 0 heterocycles. The number of rotatable bonds is 10. The van der Waals surface area contributed by atoms with Crippen LogP contribution >= 0.6 is 0 Å². The van der Waals surface area contributed by atoms with Gasteiger partial charge in [-0.2, -0.15) is 0 Å². The Morgan fingerprint density at radius 1 is 1.37 bits per heavy atom. The molecule has 0 rings (SSSR count). The summed E-state index contributed by atoms with van der Waals surface area (Å²) in [7, 11) is 0. The molecule has 0 aromatic carbocycles. The average Bonchev–Trinajstić information content (AvgIpc) is 2.35. The maximum Gasteiger partial charge on any atom is 0.210 e. The minimum atomic E-state index is -1.41. The van der Waals surface area contributed by atoms with Crippen molar-refractivity contribution in [3.8, 4) is 0 Å². The molecule has 0 saturated heterocycles. The largest absolute Gasteiger partial charge is 0.390 e. The van der Waals surface area contributed by atoms with E-state index in [4.69, 9.17) is 5.73 Å². The van der Waals surface area contributed by atoms with Gasteiger partial charge in [0.15, 0.2) is 0 Å². The summed E-state index contributed by atoms with van der Waals surface area (Å²) in [5.41, 5.74) is 4.52. The summed E-state index contributed by atoms with van der Waals surface area (Å²) in [5, 5.41) is 20.5. The maximum absolute atomic E-state index is 11.3. The summed E-state index contributed by atoms with van der Waals surface area (Å²) < 4.78 is 0. The topological polar surface area (TPSA) is 86.8 Å². The standard InChI is InChI=1S/C14H30N2O3/c1-5-7-8-9-16(10-17)13(11(3)15)14(4,19)12(18)6-2/h10-13,18-19H,5-9,15H2,1-4H3/t11-,12-,13-,14-/m1/s1. The highest BCUT2D eigenvalue weighted by Gasteiger charge is 2.43. The fourth-order valence-corrected chi connectivity index (χ4v) is 2.58. The van der Waals surface area contributed by atoms with Crippen molar-refractivity contribution in [1.29, 1.82) is 0 Å². The second-order valence-electron chi connectivity index (χ2n) is 5.50. The normalized spacial score (nSPS) is 19.3. The fraction of sp³-hybridized carbons (Fsp3) is 0.929. The number of unbranched alkanes of at least 4 members (excludes halogenated alkanes) is 2. The molecule has 0 bridgehead atoms. The van der Waals surface area contributed by atoms with Gasteiger partial charge in [0.25, 0.3) is 0 Å². The summed E-state index contributed by atoms with van der Waals surface area (Å²) in [5.74, 6) is 0. The zero-order valence-electron chi connectivity index (χ0n) is 12.7. The number of hydrogen-bond acceptors (Lipinski definition) is 4. The van der Waals surface area contributed by atoms with E-state index in [1.165, 1.54) is 4.90 Å². The summed E-state index contributed by atoms with van der Waals surface area (Å²) >= 11 is 0. The van der Waals surface area contributed by atoms with Gasteiger partial charge in [-0.25, -0.2) is 0 Å². The summed E-state index contributed by atoms with van der Waals surface area (Å²) in [6, 6.07) is -1.00. The van der Waals surface area contributed by atoms with E-state index in [1.807, 2.05) is 0 Å². The average molecular weight is 274 g/mol. The van der Waals surface area contributed by atoms with Gasteiger partial charge in [0, 0.05) is 12.6 Å². The molecule has 5 nitrogen and oxygen atoms in total. The van der Waals surface area contributed by atoms with E-state index in [0.29, 0.717) is 13.0 Å². The maximum atomic E-state index is 11.3. The number of carbonyl (C=O) groups excluding carboxylic acids is 1. The quantitative estimate of drug-likeness (QED) is 0.407. The molecule has 4 atom stereocenters. The second kappa shape index (κ2) is 8.51. The Balaban J connectivity index is 4.99. The summed E-state index contributed by atoms with van der Waals surface area (Å²) in [6.45, 7) is 7.73. The van der Waals surface area contributed by atoms with E-state index in [1.54, 1.807) is 20.8 Å². The molecule has 0 unspecified atom stereocenters. The molecule has 0 aromatic rings. The molecule has 0 radical (unpaired) electrons. The number of aliphatic hydroxyl groups excluding tert-OH is 1. The molecule has 19 heavy (non-hydrogen) atoms. The third-order valence-corrected chi connectivity index (χ3v) is 3.67. The van der Waals surface area contributed by atoms with Crippen molar-refractivity contribution in [2.24, 2.45) is 5.73 Å². The smallest absolute Gasteiger partial charge is 0.210 e. The van der Waals surface area contributed by atoms with Crippen molar-refractivity contribution >= 4 is 6.41 Å². The van der Waals surface area contributed by atoms with Gasteiger partial charge in [0.1, 0.15) is 5.60 Å². The molecular formula is C14H30N2O3. The second-order valence-corrected chi connectivity index (χ2v) is 5.50. The molecule has 0 aliphatic heterocycles. The lowest BCUT2D eigenvalue weighted by molar-refractivity contribution is -0.141. The number of nitrogens with two attached hydrogens (primary N) is 1. The Kier molecular flexibility index (Phi) is 8.22. The SMILES string of the molecule is CCCCCN(C=O)[C@H]([C@@H](C)N)[C@](C)(O)[C@H](O)CC. The van der Waals surface area contributed by atoms with Gasteiger partial charge in [-0.1, -0.05) is 26.7 Å². The van der Waals surface area contributed by atoms with Gasteiger partial charge < -0.3 is 20.8 Å². The highest BCUT2D eigenvalue weighted by Crippen LogP contribution is 2.24. The first kappa shape index (κ1) is 18.4. The molecule has 0 spiro atoms. The molecule has 0 fully saturated rings. The number of carbonyl (C=O) groups is 1. The third kappa shape index (κ3) is 5.09. The van der Waals surface area contributed by atoms with Gasteiger partial charge in [-0.05, 0) is 26.7 Å². The minimum Gasteiger partial charge on any atom is -0.390 e. The predicted molar refractivity (Wildman–Crippen MR) is 76.7 cm³/mol. The minimum absolute atomic E-state index is 0.414. The molecule has 114 valence electrons. The van der Waals surface area contributed by atoms with Crippen molar-refractivity contribution in [2.75, 3.05) is 6.54 Å². The van der Waals surface area contributed by atoms with Crippen LogP contribution in [0.5, 0.6) is 0 Å². The Morgan fingerprint density at radius 3 is 2.32 bits per heavy atom. The highest BCUT2D eigenvalue weighted by atomic mass is 16.3. The number of nitrogens with zero attached hydrogens (tertiary/aromatic N) is 1. The van der Waals surface area contributed by atoms with Crippen LogP contribution in [0.25, 0.3) is 0 Å². The molecule has 1 amide bonds. The number of aliphatic hydroxyl groups is 2. The van der Waals surface area contributed by atoms with Gasteiger partial charge in [0.2, 0.25) is 6.41 Å². The molecule has 5 heteroatoms. The number of hydrogen-bond donors (Lipinski definition) is 3. The van der Waals surface area contributed by atoms with Crippen LogP contribution in [0.4, 0.5) is 0 Å². The zero-order chi connectivity index (χ0) is 15.1. The van der Waals surface area contributed by atoms with Crippen LogP contribution in [-0.2, 0) is 4.79 Å². The van der Waals surface area contributed by atoms with Crippen LogP contribution in [0.15, 0.2) is 0 Å². The zero-order valence-corrected chi connectivity index (χ0v) is 12.7. The Morgan fingerprint density at radius 2 is 1.95 bits per heavy atom. The molecular weight excluding hydrogens is 244 g/mol. The molecule has 0 aromatic heterocycles. The van der Waals surface area contributed by atoms with Crippen LogP contribution in [0.3, 0.4) is 0 Å². The first-order valence-electron chi connectivity index (χ1n) is 7.19. The Bertz CT molecular complexity index is 257. The summed E-state index contributed by atoms with van der Waals surface area (Å²) in [6.07, 6.45) is 3.19. The van der Waals surface area contributed by atoms with E-state index < -0.39 is 23.8 Å². The van der Waals surface area contributed by atoms with Gasteiger partial charge >= 0.3 is 0 Å². The highest BCUT2D eigenvalue weighted by molar-refractivity contribution is 5.48. The fourth-order valence-electron chi connectivity index (χ4n) is 2.58. The van der Waals surface area contributed by atoms with E-state index in [2.05, 4.69) is 6.92 Å². The molecule has 4 N–H and O–H groups in total. The van der Waals surface area contributed by atoms with Crippen LogP contribution in [0.1, 0.15) is 53.4 Å². The van der Waals surface area contributed by atoms with Crippen LogP contribution < -0.4 is 5.73 Å². The van der Waals surface area contributed by atoms with Gasteiger partial charge in [0.05, 0.1) is 12.1 Å². The molecule has 0 aliphatic carbocycles. The predicted octanol–water partition coefficient (Wildman–Crippen LogP) is 0.873. The summed E-state index contributed by atoms with van der Waals surface area (Å²) in [4.78, 5) is 12.8. The van der Waals surface area contributed by atoms with E-state index in [0.717, 1.165) is 25.7 Å². The molecule has 0 aliphatic rings. The van der Waals surface area contributed by atoms with Crippen molar-refractivity contribution in [3.05, 3.63) is 0 Å². The van der Waals surface area contributed by atoms with Crippen LogP contribution in [0, 0.1) is 0 Å². The first-order chi connectivity index (χ1) is 8.82. The third-order valence-electron chi connectivity index (χ3n) is 3.67. The van der Waals surface area contributed by atoms with Crippen LogP contribution in [-0.4, -0.2) is 51.9 Å². The van der Waals surface area contributed by atoms with Crippen molar-refractivity contribution in [2.45, 2.75) is 77.2 Å². The lowest BCUT2D eigenvalue weighted by Gasteiger charge is -2.43. The van der Waals surface area contributed by atoms with Crippen molar-refractivity contribution in [1.82, 2.24) is 4.90 Å². The monoisotopic (exact) mass is 274 g/mol. The molecule has 0 saturated carbocycles. The van der Waals surface area contributed by atoms with E-state index in [9.17, 15) is 15.0 Å². The first-order valence-corrected chi connectivity index (χ1v) is 7.19. The van der Waals surface area contributed by atoms with Crippen molar-refractivity contribution < 1.29 is 15.0 Å².